The third-order valence-electron chi connectivity index (χ3n) is 2.83. The van der Waals surface area contributed by atoms with E-state index in [-0.39, 0.29) is 6.42 Å². The van der Waals surface area contributed by atoms with Crippen LogP contribution in [0.15, 0.2) is 12.2 Å². The molecule has 0 unspecified atom stereocenters. The Kier molecular flexibility index (Phi) is 11.1. The molecule has 0 heterocycles. The van der Waals surface area contributed by atoms with Crippen molar-refractivity contribution in [1.29, 1.82) is 0 Å². The molecule has 0 saturated carbocycles. The Bertz CT molecular complexity index is 207. The van der Waals surface area contributed by atoms with Crippen molar-refractivity contribution in [3.8, 4) is 0 Å². The fraction of sp³-hybridized carbons (Fsp3) is 0.800. The van der Waals surface area contributed by atoms with E-state index < -0.39 is 5.97 Å². The SMILES string of the molecule is CC(C)CCCCCCCC=CCCC([O])=O. The first-order chi connectivity index (χ1) is 8.13. The summed E-state index contributed by atoms with van der Waals surface area (Å²) in [6.07, 6.45) is 13.8. The fourth-order valence-corrected chi connectivity index (χ4v) is 1.78. The Labute approximate surface area is 106 Å². The predicted octanol–water partition coefficient (Wildman–Crippen LogP) is 4.67. The Hall–Kier alpha value is -0.790. The number of rotatable bonds is 11. The lowest BCUT2D eigenvalue weighted by atomic mass is 10.0. The summed E-state index contributed by atoms with van der Waals surface area (Å²) in [5.74, 6) is -0.124. The van der Waals surface area contributed by atoms with E-state index in [9.17, 15) is 9.90 Å². The van der Waals surface area contributed by atoms with Crippen molar-refractivity contribution in [2.75, 3.05) is 0 Å². The zero-order chi connectivity index (χ0) is 12.9. The molecule has 0 fully saturated rings. The lowest BCUT2D eigenvalue weighted by molar-refractivity contribution is -0.142. The monoisotopic (exact) mass is 239 g/mol. The minimum Gasteiger partial charge on any atom is -0.247 e. The quantitative estimate of drug-likeness (QED) is 0.381. The molecular weight excluding hydrogens is 212 g/mol. The van der Waals surface area contributed by atoms with Crippen molar-refractivity contribution >= 4 is 5.97 Å². The maximum absolute atomic E-state index is 10.1. The van der Waals surface area contributed by atoms with Gasteiger partial charge in [0.25, 0.3) is 0 Å². The van der Waals surface area contributed by atoms with Crippen molar-refractivity contribution in [1.82, 2.24) is 0 Å². The number of hydrogen-bond donors (Lipinski definition) is 0. The zero-order valence-corrected chi connectivity index (χ0v) is 11.4. The minimum atomic E-state index is -0.959. The largest absolute Gasteiger partial charge is 0.355 e. The van der Waals surface area contributed by atoms with Gasteiger partial charge in [-0.3, -0.25) is 0 Å². The van der Waals surface area contributed by atoms with E-state index in [1.165, 1.54) is 38.5 Å². The molecule has 0 aromatic heterocycles. The van der Waals surface area contributed by atoms with E-state index in [4.69, 9.17) is 0 Å². The second-order valence-electron chi connectivity index (χ2n) is 5.12. The number of allylic oxidation sites excluding steroid dienone is 2. The first-order valence-electron chi connectivity index (χ1n) is 6.97. The molecule has 0 spiro atoms. The molecule has 0 bridgehead atoms. The number of carbonyl (C=O) groups excluding carboxylic acids is 1. The molecule has 2 heteroatoms. The minimum absolute atomic E-state index is 0.145. The van der Waals surface area contributed by atoms with Gasteiger partial charge >= 0.3 is 5.97 Å². The molecular formula is C15H27O2. The molecule has 0 aliphatic rings. The molecule has 0 atom stereocenters. The van der Waals surface area contributed by atoms with Crippen LogP contribution in [-0.2, 0) is 9.90 Å². The highest BCUT2D eigenvalue weighted by Gasteiger charge is 1.95. The van der Waals surface area contributed by atoms with Crippen LogP contribution in [-0.4, -0.2) is 5.97 Å². The van der Waals surface area contributed by atoms with E-state index in [0.717, 1.165) is 12.3 Å². The third-order valence-corrected chi connectivity index (χ3v) is 2.83. The molecule has 0 rings (SSSR count). The van der Waals surface area contributed by atoms with Gasteiger partial charge in [-0.1, -0.05) is 58.1 Å². The van der Waals surface area contributed by atoms with Gasteiger partial charge in [0, 0.05) is 0 Å². The highest BCUT2D eigenvalue weighted by Crippen LogP contribution is 2.11. The van der Waals surface area contributed by atoms with Gasteiger partial charge in [-0.15, -0.1) is 0 Å². The van der Waals surface area contributed by atoms with Crippen LogP contribution in [0, 0.1) is 5.92 Å². The Morgan fingerprint density at radius 2 is 1.53 bits per heavy atom. The summed E-state index contributed by atoms with van der Waals surface area (Å²) in [4.78, 5) is 10.1. The van der Waals surface area contributed by atoms with Crippen LogP contribution in [0.2, 0.25) is 0 Å². The standard InChI is InChI=1S/C15H27O2/c1-14(2)12-10-8-6-4-3-5-7-9-11-13-15(16)17/h7,9,14H,3-6,8,10-13H2,1-2H3. The van der Waals surface area contributed by atoms with E-state index in [1.807, 2.05) is 6.08 Å². The van der Waals surface area contributed by atoms with Gasteiger partial charge < -0.3 is 0 Å². The number of carbonyl (C=O) groups is 1. The molecule has 0 N–H and O–H groups in total. The second kappa shape index (κ2) is 11.7. The summed E-state index contributed by atoms with van der Waals surface area (Å²) in [5, 5.41) is 10.1. The summed E-state index contributed by atoms with van der Waals surface area (Å²) in [5.41, 5.74) is 0. The van der Waals surface area contributed by atoms with Crippen molar-refractivity contribution < 1.29 is 9.90 Å². The van der Waals surface area contributed by atoms with Crippen molar-refractivity contribution in [2.24, 2.45) is 5.92 Å². The molecule has 0 aliphatic heterocycles. The van der Waals surface area contributed by atoms with Crippen LogP contribution in [0.1, 0.15) is 71.6 Å². The average Bonchev–Trinajstić information content (AvgIpc) is 2.25. The fourth-order valence-electron chi connectivity index (χ4n) is 1.78. The van der Waals surface area contributed by atoms with Gasteiger partial charge in [-0.25, -0.2) is 9.90 Å². The van der Waals surface area contributed by atoms with Gasteiger partial charge in [0.2, 0.25) is 0 Å². The summed E-state index contributed by atoms with van der Waals surface area (Å²) in [6, 6.07) is 0. The van der Waals surface area contributed by atoms with Crippen molar-refractivity contribution in [3.05, 3.63) is 12.2 Å². The molecule has 2 nitrogen and oxygen atoms in total. The topological polar surface area (TPSA) is 37.0 Å². The van der Waals surface area contributed by atoms with Crippen LogP contribution in [0.4, 0.5) is 0 Å². The Balaban J connectivity index is 3.10. The van der Waals surface area contributed by atoms with Crippen molar-refractivity contribution in [2.45, 2.75) is 71.6 Å². The van der Waals surface area contributed by atoms with Crippen LogP contribution in [0.3, 0.4) is 0 Å². The predicted molar refractivity (Wildman–Crippen MR) is 71.2 cm³/mol. The van der Waals surface area contributed by atoms with Gasteiger partial charge in [0.05, 0.1) is 6.42 Å². The summed E-state index contributed by atoms with van der Waals surface area (Å²) in [7, 11) is 0. The van der Waals surface area contributed by atoms with Crippen LogP contribution >= 0.6 is 0 Å². The Morgan fingerprint density at radius 1 is 0.941 bits per heavy atom. The van der Waals surface area contributed by atoms with Crippen molar-refractivity contribution in [3.63, 3.8) is 0 Å². The van der Waals surface area contributed by atoms with Gasteiger partial charge in [0.15, 0.2) is 0 Å². The molecule has 99 valence electrons. The second-order valence-corrected chi connectivity index (χ2v) is 5.12. The Morgan fingerprint density at radius 3 is 2.18 bits per heavy atom. The van der Waals surface area contributed by atoms with Crippen LogP contribution in [0.25, 0.3) is 0 Å². The molecule has 1 radical (unpaired) electrons. The van der Waals surface area contributed by atoms with Crippen LogP contribution < -0.4 is 0 Å². The summed E-state index contributed by atoms with van der Waals surface area (Å²) < 4.78 is 0. The molecule has 0 aliphatic carbocycles. The summed E-state index contributed by atoms with van der Waals surface area (Å²) >= 11 is 0. The smallest absolute Gasteiger partial charge is 0.247 e. The van der Waals surface area contributed by atoms with Gasteiger partial charge in [-0.05, 0) is 25.2 Å². The zero-order valence-electron chi connectivity index (χ0n) is 11.4. The first-order valence-corrected chi connectivity index (χ1v) is 6.97. The lowest BCUT2D eigenvalue weighted by Gasteiger charge is -2.03. The van der Waals surface area contributed by atoms with E-state index in [1.54, 1.807) is 0 Å². The van der Waals surface area contributed by atoms with E-state index in [0.29, 0.717) is 6.42 Å². The maximum atomic E-state index is 10.1. The maximum Gasteiger partial charge on any atom is 0.355 e. The lowest BCUT2D eigenvalue weighted by Crippen LogP contribution is -1.89. The van der Waals surface area contributed by atoms with Gasteiger partial charge in [-0.2, -0.15) is 0 Å². The van der Waals surface area contributed by atoms with Crippen LogP contribution in [0.5, 0.6) is 0 Å². The number of hydrogen-bond acceptors (Lipinski definition) is 1. The highest BCUT2D eigenvalue weighted by molar-refractivity contribution is 5.66. The third kappa shape index (κ3) is 15.2. The number of unbranched alkanes of at least 4 members (excludes halogenated alkanes) is 5. The molecule has 17 heavy (non-hydrogen) atoms. The first kappa shape index (κ1) is 16.2. The van der Waals surface area contributed by atoms with E-state index in [2.05, 4.69) is 19.9 Å². The molecule has 0 aromatic rings. The normalized spacial score (nSPS) is 11.5. The molecule has 0 saturated heterocycles. The molecule has 0 aromatic carbocycles. The average molecular weight is 239 g/mol. The van der Waals surface area contributed by atoms with E-state index >= 15 is 0 Å². The summed E-state index contributed by atoms with van der Waals surface area (Å²) in [6.45, 7) is 4.55. The molecule has 0 amide bonds. The van der Waals surface area contributed by atoms with Gasteiger partial charge in [0.1, 0.15) is 0 Å². The highest BCUT2D eigenvalue weighted by atomic mass is 16.4.